The molecule has 4 heteroatoms. The van der Waals surface area contributed by atoms with Crippen molar-refractivity contribution >= 4 is 22.5 Å². The highest BCUT2D eigenvalue weighted by Crippen LogP contribution is 2.20. The van der Waals surface area contributed by atoms with Crippen molar-refractivity contribution in [3.8, 4) is 0 Å². The van der Waals surface area contributed by atoms with Gasteiger partial charge < -0.3 is 0 Å². The van der Waals surface area contributed by atoms with Crippen LogP contribution in [-0.2, 0) is 5.88 Å². The summed E-state index contributed by atoms with van der Waals surface area (Å²) < 4.78 is 13.0. The average Bonchev–Trinajstić information content (AvgIpc) is 2.54. The Labute approximate surface area is 73.3 Å². The standard InChI is InChI=1S/C8H6ClFN2/c9-3-5-1-2-7(10)8-6(5)4-11-12-8/h1-2,4H,3H2,(H,11,12). The van der Waals surface area contributed by atoms with Crippen LogP contribution in [0.25, 0.3) is 10.9 Å². The second-order valence-corrected chi connectivity index (χ2v) is 2.77. The molecule has 0 aliphatic heterocycles. The molecule has 0 fully saturated rings. The van der Waals surface area contributed by atoms with Crippen LogP contribution in [0.15, 0.2) is 18.3 Å². The second kappa shape index (κ2) is 2.75. The molecule has 12 heavy (non-hydrogen) atoms. The van der Waals surface area contributed by atoms with Gasteiger partial charge in [0.15, 0.2) is 0 Å². The largest absolute Gasteiger partial charge is 0.275 e. The number of nitrogens with zero attached hydrogens (tertiary/aromatic N) is 1. The first-order valence-corrected chi connectivity index (χ1v) is 4.03. The van der Waals surface area contributed by atoms with Gasteiger partial charge in [0.05, 0.1) is 6.20 Å². The zero-order valence-corrected chi connectivity index (χ0v) is 6.90. The summed E-state index contributed by atoms with van der Waals surface area (Å²) in [4.78, 5) is 0. The van der Waals surface area contributed by atoms with E-state index in [1.165, 1.54) is 6.07 Å². The highest BCUT2D eigenvalue weighted by Gasteiger charge is 2.05. The Bertz CT molecular complexity index is 410. The van der Waals surface area contributed by atoms with Gasteiger partial charge in [0.25, 0.3) is 0 Å². The smallest absolute Gasteiger partial charge is 0.148 e. The number of hydrogen-bond acceptors (Lipinski definition) is 1. The quantitative estimate of drug-likeness (QED) is 0.678. The minimum absolute atomic E-state index is 0.295. The van der Waals surface area contributed by atoms with E-state index < -0.39 is 0 Å². The van der Waals surface area contributed by atoms with Gasteiger partial charge in [-0.25, -0.2) is 4.39 Å². The van der Waals surface area contributed by atoms with Crippen LogP contribution in [0, 0.1) is 5.82 Å². The SMILES string of the molecule is Fc1ccc(CCl)c2cn[nH]c12. The Kier molecular flexibility index (Phi) is 1.73. The predicted molar refractivity (Wildman–Crippen MR) is 45.6 cm³/mol. The third-order valence-corrected chi connectivity index (χ3v) is 2.09. The molecule has 0 saturated heterocycles. The lowest BCUT2D eigenvalue weighted by molar-refractivity contribution is 0.636. The molecule has 1 aromatic heterocycles. The van der Waals surface area contributed by atoms with E-state index in [9.17, 15) is 4.39 Å². The molecule has 2 rings (SSSR count). The highest BCUT2D eigenvalue weighted by atomic mass is 35.5. The minimum atomic E-state index is -0.295. The number of hydrogen-bond donors (Lipinski definition) is 1. The summed E-state index contributed by atoms with van der Waals surface area (Å²) in [6.45, 7) is 0. The number of benzene rings is 1. The molecule has 1 aromatic carbocycles. The number of H-pyrrole nitrogens is 1. The van der Waals surface area contributed by atoms with Crippen LogP contribution in [0.3, 0.4) is 0 Å². The van der Waals surface area contributed by atoms with Gasteiger partial charge in [0.1, 0.15) is 11.3 Å². The van der Waals surface area contributed by atoms with E-state index in [0.717, 1.165) is 10.9 Å². The topological polar surface area (TPSA) is 28.7 Å². The fourth-order valence-corrected chi connectivity index (χ4v) is 1.41. The van der Waals surface area contributed by atoms with E-state index in [4.69, 9.17) is 11.6 Å². The first-order valence-electron chi connectivity index (χ1n) is 3.49. The van der Waals surface area contributed by atoms with Gasteiger partial charge in [-0.3, -0.25) is 5.10 Å². The minimum Gasteiger partial charge on any atom is -0.275 e. The van der Waals surface area contributed by atoms with Gasteiger partial charge >= 0.3 is 0 Å². The Hall–Kier alpha value is -1.09. The summed E-state index contributed by atoms with van der Waals surface area (Å²) >= 11 is 5.65. The van der Waals surface area contributed by atoms with Crippen molar-refractivity contribution in [2.45, 2.75) is 5.88 Å². The Morgan fingerprint density at radius 2 is 2.33 bits per heavy atom. The van der Waals surface area contributed by atoms with Crippen LogP contribution < -0.4 is 0 Å². The van der Waals surface area contributed by atoms with Gasteiger partial charge in [0.2, 0.25) is 0 Å². The Morgan fingerprint density at radius 3 is 3.08 bits per heavy atom. The van der Waals surface area contributed by atoms with Gasteiger partial charge in [-0.1, -0.05) is 6.07 Å². The number of fused-ring (bicyclic) bond motifs is 1. The molecule has 0 spiro atoms. The van der Waals surface area contributed by atoms with E-state index in [1.54, 1.807) is 12.3 Å². The maximum Gasteiger partial charge on any atom is 0.148 e. The molecule has 0 radical (unpaired) electrons. The number of alkyl halides is 1. The molecule has 0 unspecified atom stereocenters. The van der Waals surface area contributed by atoms with Crippen molar-refractivity contribution in [2.75, 3.05) is 0 Å². The predicted octanol–water partition coefficient (Wildman–Crippen LogP) is 2.44. The van der Waals surface area contributed by atoms with E-state index >= 15 is 0 Å². The van der Waals surface area contributed by atoms with Crippen molar-refractivity contribution in [1.82, 2.24) is 10.2 Å². The van der Waals surface area contributed by atoms with E-state index in [1.807, 2.05) is 0 Å². The third-order valence-electron chi connectivity index (χ3n) is 1.80. The molecule has 0 aliphatic carbocycles. The summed E-state index contributed by atoms with van der Waals surface area (Å²) in [5, 5.41) is 7.08. The molecule has 2 nitrogen and oxygen atoms in total. The summed E-state index contributed by atoms with van der Waals surface area (Å²) in [5.74, 6) is 0.0763. The van der Waals surface area contributed by atoms with Crippen LogP contribution in [0.2, 0.25) is 0 Å². The molecule has 0 aliphatic rings. The summed E-state index contributed by atoms with van der Waals surface area (Å²) in [5.41, 5.74) is 1.31. The molecule has 2 aromatic rings. The zero-order valence-electron chi connectivity index (χ0n) is 6.14. The van der Waals surface area contributed by atoms with Crippen molar-refractivity contribution < 1.29 is 4.39 Å². The highest BCUT2D eigenvalue weighted by molar-refractivity contribution is 6.18. The van der Waals surface area contributed by atoms with Crippen LogP contribution in [0.5, 0.6) is 0 Å². The maximum absolute atomic E-state index is 13.0. The molecule has 0 bridgehead atoms. The lowest BCUT2D eigenvalue weighted by atomic mass is 10.1. The second-order valence-electron chi connectivity index (χ2n) is 2.50. The summed E-state index contributed by atoms with van der Waals surface area (Å²) in [6, 6.07) is 3.05. The lowest BCUT2D eigenvalue weighted by Gasteiger charge is -1.97. The van der Waals surface area contributed by atoms with E-state index in [-0.39, 0.29) is 5.82 Å². The zero-order chi connectivity index (χ0) is 8.55. The van der Waals surface area contributed by atoms with Gasteiger partial charge in [-0.2, -0.15) is 5.10 Å². The molecule has 0 atom stereocenters. The molecule has 0 saturated carbocycles. The molecule has 1 N–H and O–H groups in total. The molecule has 0 amide bonds. The fraction of sp³-hybridized carbons (Fsp3) is 0.125. The number of halogens is 2. The third kappa shape index (κ3) is 0.975. The van der Waals surface area contributed by atoms with Gasteiger partial charge in [0, 0.05) is 11.3 Å². The van der Waals surface area contributed by atoms with Crippen LogP contribution in [0.4, 0.5) is 4.39 Å². The molecule has 1 heterocycles. The molecule has 62 valence electrons. The van der Waals surface area contributed by atoms with Crippen molar-refractivity contribution in [2.24, 2.45) is 0 Å². The summed E-state index contributed by atoms with van der Waals surface area (Å²) in [7, 11) is 0. The normalized spacial score (nSPS) is 10.8. The maximum atomic E-state index is 13.0. The monoisotopic (exact) mass is 184 g/mol. The fourth-order valence-electron chi connectivity index (χ4n) is 1.18. The first kappa shape index (κ1) is 7.55. The summed E-state index contributed by atoms with van der Waals surface area (Å²) in [6.07, 6.45) is 1.58. The van der Waals surface area contributed by atoms with Crippen LogP contribution >= 0.6 is 11.6 Å². The van der Waals surface area contributed by atoms with Gasteiger partial charge in [-0.15, -0.1) is 11.6 Å². The lowest BCUT2D eigenvalue weighted by Crippen LogP contribution is -1.83. The number of aromatic amines is 1. The van der Waals surface area contributed by atoms with E-state index in [0.29, 0.717) is 11.4 Å². The van der Waals surface area contributed by atoms with Gasteiger partial charge in [-0.05, 0) is 11.6 Å². The number of rotatable bonds is 1. The Balaban J connectivity index is 2.82. The van der Waals surface area contributed by atoms with Crippen LogP contribution in [0.1, 0.15) is 5.56 Å². The number of nitrogens with one attached hydrogen (secondary N) is 1. The molecular formula is C8H6ClFN2. The van der Waals surface area contributed by atoms with Crippen molar-refractivity contribution in [1.29, 1.82) is 0 Å². The Morgan fingerprint density at radius 1 is 1.50 bits per heavy atom. The first-order chi connectivity index (χ1) is 5.83. The van der Waals surface area contributed by atoms with Crippen molar-refractivity contribution in [3.63, 3.8) is 0 Å². The average molecular weight is 185 g/mol. The molecular weight excluding hydrogens is 179 g/mol. The van der Waals surface area contributed by atoms with E-state index in [2.05, 4.69) is 10.2 Å². The van der Waals surface area contributed by atoms with Crippen molar-refractivity contribution in [3.05, 3.63) is 29.7 Å². The number of aromatic nitrogens is 2. The van der Waals surface area contributed by atoms with Crippen LogP contribution in [-0.4, -0.2) is 10.2 Å².